The molecule has 0 spiro atoms. The second-order valence-electron chi connectivity index (χ2n) is 2.64. The van der Waals surface area contributed by atoms with Crippen LogP contribution in [-0.2, 0) is 6.18 Å². The van der Waals surface area contributed by atoms with Gasteiger partial charge in [-0.25, -0.2) is 5.43 Å². The lowest BCUT2D eigenvalue weighted by atomic mass is 10.2. The van der Waals surface area contributed by atoms with Gasteiger partial charge in [0.05, 0.1) is 12.2 Å². The first-order valence-electron chi connectivity index (χ1n) is 3.88. The number of anilines is 1. The van der Waals surface area contributed by atoms with Gasteiger partial charge in [-0.15, -0.1) is 0 Å². The molecular formula is C8H10F3N3. The Labute approximate surface area is 79.1 Å². The first kappa shape index (κ1) is 10.8. The molecule has 0 saturated heterocycles. The van der Waals surface area contributed by atoms with Crippen molar-refractivity contribution in [3.05, 3.63) is 29.8 Å². The highest BCUT2D eigenvalue weighted by Gasteiger charge is 2.30. The lowest BCUT2D eigenvalue weighted by Gasteiger charge is -2.09. The van der Waals surface area contributed by atoms with Crippen LogP contribution in [0.1, 0.15) is 5.56 Å². The maximum Gasteiger partial charge on any atom is 0.416 e. The van der Waals surface area contributed by atoms with Crippen molar-refractivity contribution in [2.24, 2.45) is 5.84 Å². The third-order valence-corrected chi connectivity index (χ3v) is 1.58. The number of hydrogen-bond donors (Lipinski definition) is 3. The highest BCUT2D eigenvalue weighted by molar-refractivity contribution is 5.46. The lowest BCUT2D eigenvalue weighted by molar-refractivity contribution is -0.137. The molecule has 1 aromatic rings. The predicted molar refractivity (Wildman–Crippen MR) is 47.3 cm³/mol. The average molecular weight is 205 g/mol. The second kappa shape index (κ2) is 4.30. The minimum Gasteiger partial charge on any atom is -0.371 e. The average Bonchev–Trinajstić information content (AvgIpc) is 2.14. The van der Waals surface area contributed by atoms with Gasteiger partial charge in [-0.2, -0.15) is 13.2 Å². The highest BCUT2D eigenvalue weighted by atomic mass is 19.4. The molecule has 0 unspecified atom stereocenters. The van der Waals surface area contributed by atoms with E-state index in [1.54, 1.807) is 0 Å². The van der Waals surface area contributed by atoms with Gasteiger partial charge < -0.3 is 5.32 Å². The van der Waals surface area contributed by atoms with E-state index in [1.807, 2.05) is 0 Å². The first-order valence-corrected chi connectivity index (χ1v) is 3.88. The van der Waals surface area contributed by atoms with E-state index < -0.39 is 11.7 Å². The summed E-state index contributed by atoms with van der Waals surface area (Å²) in [5.41, 5.74) is 1.97. The number of hydrogen-bond acceptors (Lipinski definition) is 3. The topological polar surface area (TPSA) is 50.1 Å². The third kappa shape index (κ3) is 2.90. The molecular weight excluding hydrogens is 195 g/mol. The second-order valence-corrected chi connectivity index (χ2v) is 2.64. The van der Waals surface area contributed by atoms with Gasteiger partial charge in [0.1, 0.15) is 0 Å². The Bertz CT molecular complexity index is 298. The van der Waals surface area contributed by atoms with Crippen LogP contribution in [0.3, 0.4) is 0 Å². The summed E-state index contributed by atoms with van der Waals surface area (Å²) in [4.78, 5) is 0. The van der Waals surface area contributed by atoms with E-state index in [4.69, 9.17) is 5.84 Å². The van der Waals surface area contributed by atoms with Gasteiger partial charge in [0.15, 0.2) is 0 Å². The molecule has 0 radical (unpaired) electrons. The number of nitrogens with two attached hydrogens (primary N) is 1. The number of rotatable bonds is 3. The number of hydrazine groups is 1. The normalized spacial score (nSPS) is 11.4. The molecule has 1 aromatic carbocycles. The molecule has 0 aliphatic rings. The van der Waals surface area contributed by atoms with Crippen LogP contribution in [0.2, 0.25) is 0 Å². The van der Waals surface area contributed by atoms with Crippen LogP contribution in [0, 0.1) is 0 Å². The Morgan fingerprint density at radius 1 is 1.29 bits per heavy atom. The molecule has 0 atom stereocenters. The van der Waals surface area contributed by atoms with E-state index in [-0.39, 0.29) is 6.67 Å². The smallest absolute Gasteiger partial charge is 0.371 e. The van der Waals surface area contributed by atoms with Crippen molar-refractivity contribution in [2.75, 3.05) is 12.0 Å². The zero-order chi connectivity index (χ0) is 10.6. The summed E-state index contributed by atoms with van der Waals surface area (Å²) in [5.74, 6) is 4.97. The minimum atomic E-state index is -4.31. The quantitative estimate of drug-likeness (QED) is 0.398. The Morgan fingerprint density at radius 3 is 2.57 bits per heavy atom. The Morgan fingerprint density at radius 2 is 2.00 bits per heavy atom. The van der Waals surface area contributed by atoms with E-state index in [0.29, 0.717) is 5.69 Å². The van der Waals surface area contributed by atoms with Crippen LogP contribution in [0.15, 0.2) is 24.3 Å². The molecule has 0 bridgehead atoms. The fourth-order valence-electron chi connectivity index (χ4n) is 0.959. The molecule has 78 valence electrons. The van der Waals surface area contributed by atoms with E-state index >= 15 is 0 Å². The molecule has 1 rings (SSSR count). The lowest BCUT2D eigenvalue weighted by Crippen LogP contribution is -2.28. The summed E-state index contributed by atoms with van der Waals surface area (Å²) in [7, 11) is 0. The SMILES string of the molecule is NNCNc1cccc(C(F)(F)F)c1. The van der Waals surface area contributed by atoms with E-state index in [2.05, 4.69) is 10.7 Å². The third-order valence-electron chi connectivity index (χ3n) is 1.58. The molecule has 3 nitrogen and oxygen atoms in total. The van der Waals surface area contributed by atoms with Gasteiger partial charge in [-0.3, -0.25) is 5.84 Å². The van der Waals surface area contributed by atoms with Gasteiger partial charge in [0.2, 0.25) is 0 Å². The Balaban J connectivity index is 2.79. The van der Waals surface area contributed by atoms with E-state index in [0.717, 1.165) is 12.1 Å². The Hall–Kier alpha value is -1.27. The van der Waals surface area contributed by atoms with Crippen LogP contribution >= 0.6 is 0 Å². The van der Waals surface area contributed by atoms with E-state index in [1.165, 1.54) is 12.1 Å². The van der Waals surface area contributed by atoms with Gasteiger partial charge >= 0.3 is 6.18 Å². The maximum atomic E-state index is 12.2. The van der Waals surface area contributed by atoms with Gasteiger partial charge in [-0.1, -0.05) is 6.07 Å². The highest BCUT2D eigenvalue weighted by Crippen LogP contribution is 2.30. The molecule has 14 heavy (non-hydrogen) atoms. The van der Waals surface area contributed by atoms with Gasteiger partial charge in [-0.05, 0) is 18.2 Å². The molecule has 0 saturated carbocycles. The number of benzene rings is 1. The van der Waals surface area contributed by atoms with Crippen LogP contribution < -0.4 is 16.6 Å². The van der Waals surface area contributed by atoms with Gasteiger partial charge in [0, 0.05) is 5.69 Å². The summed E-state index contributed by atoms with van der Waals surface area (Å²) >= 11 is 0. The fraction of sp³-hybridized carbons (Fsp3) is 0.250. The monoisotopic (exact) mass is 205 g/mol. The predicted octanol–water partition coefficient (Wildman–Crippen LogP) is 1.54. The van der Waals surface area contributed by atoms with Gasteiger partial charge in [0.25, 0.3) is 0 Å². The minimum absolute atomic E-state index is 0.210. The number of nitrogens with one attached hydrogen (secondary N) is 2. The van der Waals surface area contributed by atoms with Crippen LogP contribution in [0.4, 0.5) is 18.9 Å². The molecule has 0 amide bonds. The van der Waals surface area contributed by atoms with Crippen molar-refractivity contribution < 1.29 is 13.2 Å². The van der Waals surface area contributed by atoms with Crippen LogP contribution in [-0.4, -0.2) is 6.67 Å². The molecule has 4 N–H and O–H groups in total. The Kier molecular flexibility index (Phi) is 3.32. The van der Waals surface area contributed by atoms with E-state index in [9.17, 15) is 13.2 Å². The van der Waals surface area contributed by atoms with Crippen LogP contribution in [0.5, 0.6) is 0 Å². The fourth-order valence-corrected chi connectivity index (χ4v) is 0.959. The molecule has 0 aliphatic heterocycles. The molecule has 0 heterocycles. The molecule has 0 fully saturated rings. The maximum absolute atomic E-state index is 12.2. The largest absolute Gasteiger partial charge is 0.416 e. The summed E-state index contributed by atoms with van der Waals surface area (Å²) in [6.45, 7) is 0.210. The van der Waals surface area contributed by atoms with Crippen molar-refractivity contribution in [3.8, 4) is 0 Å². The van der Waals surface area contributed by atoms with Crippen molar-refractivity contribution in [2.45, 2.75) is 6.18 Å². The summed E-state index contributed by atoms with van der Waals surface area (Å²) in [6.07, 6.45) is -4.31. The number of halogens is 3. The molecule has 0 aliphatic carbocycles. The standard InChI is InChI=1S/C8H10F3N3/c9-8(10,11)6-2-1-3-7(4-6)13-5-14-12/h1-4,13-14H,5,12H2. The zero-order valence-electron chi connectivity index (χ0n) is 7.23. The first-order chi connectivity index (χ1) is 6.54. The summed E-state index contributed by atoms with van der Waals surface area (Å²) in [6, 6.07) is 4.91. The zero-order valence-corrected chi connectivity index (χ0v) is 7.23. The van der Waals surface area contributed by atoms with Crippen LogP contribution in [0.25, 0.3) is 0 Å². The van der Waals surface area contributed by atoms with Crippen molar-refractivity contribution in [1.29, 1.82) is 0 Å². The summed E-state index contributed by atoms with van der Waals surface area (Å²) < 4.78 is 36.7. The van der Waals surface area contributed by atoms with Crippen molar-refractivity contribution >= 4 is 5.69 Å². The molecule has 6 heteroatoms. The van der Waals surface area contributed by atoms with Crippen molar-refractivity contribution in [1.82, 2.24) is 5.43 Å². The number of alkyl halides is 3. The molecule has 0 aromatic heterocycles. The van der Waals surface area contributed by atoms with Crippen molar-refractivity contribution in [3.63, 3.8) is 0 Å². The summed E-state index contributed by atoms with van der Waals surface area (Å²) in [5, 5.41) is 2.67.